The molecule has 1 aliphatic rings. The van der Waals surface area contributed by atoms with E-state index in [1.807, 2.05) is 24.3 Å². The number of anilines is 1. The van der Waals surface area contributed by atoms with Crippen LogP contribution in [-0.2, 0) is 4.79 Å². The minimum atomic E-state index is -0.0627. The highest BCUT2D eigenvalue weighted by molar-refractivity contribution is 7.99. The fraction of sp³-hybridized carbons (Fsp3) is 0.316. The Balaban J connectivity index is 1.38. The standard InChI is InChI=1S/C19H20ClNO4S/c20-14-3-1-4-16(11-14)23-9-10-26-13-19(22)21-15-5-6-17-18(12-15)25-8-2-7-24-17/h1,3-6,11-12H,2,7-10,13H2,(H,21,22). The third-order valence-corrected chi connectivity index (χ3v) is 4.71. The van der Waals surface area contributed by atoms with Gasteiger partial charge in [0.15, 0.2) is 11.5 Å². The first kappa shape index (κ1) is 18.7. The maximum atomic E-state index is 12.1. The number of amides is 1. The van der Waals surface area contributed by atoms with Crippen LogP contribution < -0.4 is 19.5 Å². The lowest BCUT2D eigenvalue weighted by Crippen LogP contribution is -2.15. The second-order valence-electron chi connectivity index (χ2n) is 5.62. The summed E-state index contributed by atoms with van der Waals surface area (Å²) < 4.78 is 16.8. The van der Waals surface area contributed by atoms with Gasteiger partial charge in [0.2, 0.25) is 5.91 Å². The predicted molar refractivity (Wildman–Crippen MR) is 105 cm³/mol. The number of ether oxygens (including phenoxy) is 3. The summed E-state index contributed by atoms with van der Waals surface area (Å²) in [6.45, 7) is 1.78. The summed E-state index contributed by atoms with van der Waals surface area (Å²) in [6.07, 6.45) is 0.851. The minimum absolute atomic E-state index is 0.0627. The van der Waals surface area contributed by atoms with E-state index in [0.717, 1.165) is 12.2 Å². The fourth-order valence-electron chi connectivity index (χ4n) is 2.38. The topological polar surface area (TPSA) is 56.8 Å². The quantitative estimate of drug-likeness (QED) is 0.712. The van der Waals surface area contributed by atoms with E-state index in [2.05, 4.69) is 5.32 Å². The first-order valence-electron chi connectivity index (χ1n) is 8.36. The van der Waals surface area contributed by atoms with Crippen molar-refractivity contribution >= 4 is 35.0 Å². The number of hydrogen-bond acceptors (Lipinski definition) is 5. The predicted octanol–water partition coefficient (Wildman–Crippen LogP) is 4.25. The fourth-order valence-corrected chi connectivity index (χ4v) is 3.16. The number of fused-ring (bicyclic) bond motifs is 1. The van der Waals surface area contributed by atoms with Gasteiger partial charge in [0.25, 0.3) is 0 Å². The van der Waals surface area contributed by atoms with E-state index in [1.165, 1.54) is 11.8 Å². The maximum absolute atomic E-state index is 12.1. The number of rotatable bonds is 7. The lowest BCUT2D eigenvalue weighted by atomic mass is 10.2. The molecule has 2 aromatic rings. The van der Waals surface area contributed by atoms with E-state index >= 15 is 0 Å². The van der Waals surface area contributed by atoms with Crippen LogP contribution in [0.2, 0.25) is 5.02 Å². The number of carbonyl (C=O) groups excluding carboxylic acids is 1. The lowest BCUT2D eigenvalue weighted by molar-refractivity contribution is -0.113. The summed E-state index contributed by atoms with van der Waals surface area (Å²) in [5, 5.41) is 3.52. The molecule has 1 heterocycles. The Bertz CT molecular complexity index is 756. The molecule has 0 bridgehead atoms. The number of nitrogens with one attached hydrogen (secondary N) is 1. The average Bonchev–Trinajstić information content (AvgIpc) is 2.86. The molecule has 26 heavy (non-hydrogen) atoms. The highest BCUT2D eigenvalue weighted by atomic mass is 35.5. The second-order valence-corrected chi connectivity index (χ2v) is 7.16. The number of carbonyl (C=O) groups is 1. The van der Waals surface area contributed by atoms with Crippen LogP contribution >= 0.6 is 23.4 Å². The molecule has 7 heteroatoms. The molecule has 0 radical (unpaired) electrons. The van der Waals surface area contributed by atoms with Gasteiger partial charge >= 0.3 is 0 Å². The molecule has 1 amide bonds. The van der Waals surface area contributed by atoms with Crippen molar-refractivity contribution in [1.82, 2.24) is 0 Å². The van der Waals surface area contributed by atoms with Gasteiger partial charge in [-0.25, -0.2) is 0 Å². The summed E-state index contributed by atoms with van der Waals surface area (Å²) in [6, 6.07) is 12.7. The van der Waals surface area contributed by atoms with Crippen LogP contribution in [-0.4, -0.2) is 37.2 Å². The van der Waals surface area contributed by atoms with E-state index in [4.69, 9.17) is 25.8 Å². The molecule has 0 aliphatic carbocycles. The SMILES string of the molecule is O=C(CSCCOc1cccc(Cl)c1)Nc1ccc2c(c1)OCCCO2. The highest BCUT2D eigenvalue weighted by Crippen LogP contribution is 2.32. The maximum Gasteiger partial charge on any atom is 0.234 e. The Morgan fingerprint density at radius 3 is 2.85 bits per heavy atom. The van der Waals surface area contributed by atoms with Gasteiger partial charge < -0.3 is 19.5 Å². The van der Waals surface area contributed by atoms with Gasteiger partial charge in [-0.1, -0.05) is 17.7 Å². The summed E-state index contributed by atoms with van der Waals surface area (Å²) in [5.74, 6) is 3.12. The van der Waals surface area contributed by atoms with Gasteiger partial charge in [-0.05, 0) is 30.3 Å². The van der Waals surface area contributed by atoms with Crippen molar-refractivity contribution in [2.75, 3.05) is 36.6 Å². The van der Waals surface area contributed by atoms with Gasteiger partial charge in [-0.15, -0.1) is 11.8 Å². The number of benzene rings is 2. The molecule has 0 saturated heterocycles. The van der Waals surface area contributed by atoms with Crippen LogP contribution in [0.4, 0.5) is 5.69 Å². The molecule has 3 rings (SSSR count). The van der Waals surface area contributed by atoms with Crippen LogP contribution in [0.5, 0.6) is 17.2 Å². The normalized spacial score (nSPS) is 13.0. The molecular formula is C19H20ClNO4S. The number of halogens is 1. The smallest absolute Gasteiger partial charge is 0.234 e. The van der Waals surface area contributed by atoms with Crippen molar-refractivity contribution in [3.63, 3.8) is 0 Å². The average molecular weight is 394 g/mol. The van der Waals surface area contributed by atoms with E-state index in [9.17, 15) is 4.79 Å². The van der Waals surface area contributed by atoms with E-state index < -0.39 is 0 Å². The Morgan fingerprint density at radius 1 is 1.15 bits per heavy atom. The molecule has 2 aromatic carbocycles. The van der Waals surface area contributed by atoms with Crippen LogP contribution in [0, 0.1) is 0 Å². The molecule has 0 fully saturated rings. The Kier molecular flexibility index (Phi) is 6.91. The zero-order chi connectivity index (χ0) is 18.2. The molecule has 1 N–H and O–H groups in total. The Morgan fingerprint density at radius 2 is 2.00 bits per heavy atom. The summed E-state index contributed by atoms with van der Waals surface area (Å²) >= 11 is 7.41. The number of hydrogen-bond donors (Lipinski definition) is 1. The van der Waals surface area contributed by atoms with Crippen LogP contribution in [0.1, 0.15) is 6.42 Å². The van der Waals surface area contributed by atoms with Gasteiger partial charge in [0.05, 0.1) is 25.6 Å². The second kappa shape index (κ2) is 9.59. The molecule has 5 nitrogen and oxygen atoms in total. The van der Waals surface area contributed by atoms with Gasteiger partial charge in [0, 0.05) is 29.0 Å². The summed E-state index contributed by atoms with van der Waals surface area (Å²) in [7, 11) is 0. The molecule has 0 spiro atoms. The summed E-state index contributed by atoms with van der Waals surface area (Å²) in [4.78, 5) is 12.1. The van der Waals surface area contributed by atoms with Crippen molar-refractivity contribution in [1.29, 1.82) is 0 Å². The van der Waals surface area contributed by atoms with Gasteiger partial charge in [-0.3, -0.25) is 4.79 Å². The molecule has 138 valence electrons. The van der Waals surface area contributed by atoms with Crippen LogP contribution in [0.15, 0.2) is 42.5 Å². The molecule has 0 saturated carbocycles. The zero-order valence-corrected chi connectivity index (χ0v) is 15.8. The van der Waals surface area contributed by atoms with Crippen molar-refractivity contribution < 1.29 is 19.0 Å². The Labute approximate surface area is 162 Å². The summed E-state index contributed by atoms with van der Waals surface area (Å²) in [5.41, 5.74) is 0.704. The van der Waals surface area contributed by atoms with Crippen molar-refractivity contribution in [2.24, 2.45) is 0 Å². The van der Waals surface area contributed by atoms with Gasteiger partial charge in [0.1, 0.15) is 5.75 Å². The van der Waals surface area contributed by atoms with E-state index in [1.54, 1.807) is 18.2 Å². The van der Waals surface area contributed by atoms with E-state index in [0.29, 0.717) is 53.5 Å². The molecule has 0 unspecified atom stereocenters. The lowest BCUT2D eigenvalue weighted by Gasteiger charge is -2.10. The highest BCUT2D eigenvalue weighted by Gasteiger charge is 2.11. The monoisotopic (exact) mass is 393 g/mol. The molecule has 1 aliphatic heterocycles. The minimum Gasteiger partial charge on any atom is -0.493 e. The molecule has 0 aromatic heterocycles. The van der Waals surface area contributed by atoms with Crippen molar-refractivity contribution in [3.05, 3.63) is 47.5 Å². The first-order chi connectivity index (χ1) is 12.7. The largest absolute Gasteiger partial charge is 0.493 e. The zero-order valence-electron chi connectivity index (χ0n) is 14.2. The van der Waals surface area contributed by atoms with Crippen LogP contribution in [0.3, 0.4) is 0 Å². The van der Waals surface area contributed by atoms with Crippen molar-refractivity contribution in [3.8, 4) is 17.2 Å². The third-order valence-electron chi connectivity index (χ3n) is 3.56. The van der Waals surface area contributed by atoms with Crippen molar-refractivity contribution in [2.45, 2.75) is 6.42 Å². The third kappa shape index (κ3) is 5.75. The molecular weight excluding hydrogens is 374 g/mol. The molecule has 0 atom stereocenters. The van der Waals surface area contributed by atoms with Crippen LogP contribution in [0.25, 0.3) is 0 Å². The van der Waals surface area contributed by atoms with E-state index in [-0.39, 0.29) is 5.91 Å². The number of thioether (sulfide) groups is 1. The first-order valence-corrected chi connectivity index (χ1v) is 9.89. The Hall–Kier alpha value is -2.05. The van der Waals surface area contributed by atoms with Gasteiger partial charge in [-0.2, -0.15) is 0 Å².